The van der Waals surface area contributed by atoms with Crippen molar-refractivity contribution in [2.75, 3.05) is 13.7 Å². The molecule has 0 saturated heterocycles. The van der Waals surface area contributed by atoms with Gasteiger partial charge in [0.05, 0.1) is 19.8 Å². The first-order valence-corrected chi connectivity index (χ1v) is 5.44. The maximum Gasteiger partial charge on any atom is 0.131 e. The molecule has 16 heavy (non-hydrogen) atoms. The monoisotopic (exact) mass is 225 g/mol. The van der Waals surface area contributed by atoms with Gasteiger partial charge in [-0.05, 0) is 31.4 Å². The molecule has 1 aliphatic rings. The zero-order chi connectivity index (χ0) is 11.5. The highest BCUT2D eigenvalue weighted by molar-refractivity contribution is 5.44. The van der Waals surface area contributed by atoms with E-state index in [2.05, 4.69) is 5.48 Å². The van der Waals surface area contributed by atoms with Gasteiger partial charge in [-0.1, -0.05) is 6.07 Å². The van der Waals surface area contributed by atoms with Crippen LogP contribution in [0.5, 0.6) is 5.75 Å². The Morgan fingerprint density at radius 3 is 3.06 bits per heavy atom. The lowest BCUT2D eigenvalue weighted by Crippen LogP contribution is -2.20. The first kappa shape index (κ1) is 11.4. The van der Waals surface area contributed by atoms with E-state index in [1.807, 2.05) is 6.92 Å². The molecule has 2 rings (SSSR count). The van der Waals surface area contributed by atoms with E-state index in [1.165, 1.54) is 6.07 Å². The summed E-state index contributed by atoms with van der Waals surface area (Å²) in [6.07, 6.45) is 1.69. The lowest BCUT2D eigenvalue weighted by atomic mass is 10.00. The fraction of sp³-hybridized carbons (Fsp3) is 0.500. The first-order valence-electron chi connectivity index (χ1n) is 5.44. The topological polar surface area (TPSA) is 30.5 Å². The lowest BCUT2D eigenvalue weighted by molar-refractivity contribution is 0.0569. The predicted molar refractivity (Wildman–Crippen MR) is 58.8 cm³/mol. The molecule has 1 aromatic rings. The summed E-state index contributed by atoms with van der Waals surface area (Å²) in [5.74, 6) is 0.420. The number of hydrogen-bond donors (Lipinski definition) is 1. The lowest BCUT2D eigenvalue weighted by Gasteiger charge is -2.18. The third-order valence-electron chi connectivity index (χ3n) is 2.83. The highest BCUT2D eigenvalue weighted by Gasteiger charge is 2.24. The van der Waals surface area contributed by atoms with Crippen LogP contribution in [0, 0.1) is 12.7 Å². The molecule has 0 aliphatic carbocycles. The fourth-order valence-electron chi connectivity index (χ4n) is 2.07. The van der Waals surface area contributed by atoms with Crippen LogP contribution in [0.25, 0.3) is 0 Å². The summed E-state index contributed by atoms with van der Waals surface area (Å²) in [6, 6.07) is 3.08. The van der Waals surface area contributed by atoms with Crippen molar-refractivity contribution in [2.24, 2.45) is 0 Å². The normalized spacial score (nSPS) is 19.8. The first-order chi connectivity index (χ1) is 7.74. The van der Waals surface area contributed by atoms with E-state index >= 15 is 0 Å². The minimum atomic E-state index is -0.239. The van der Waals surface area contributed by atoms with Crippen LogP contribution >= 0.6 is 0 Å². The van der Waals surface area contributed by atoms with E-state index in [0.29, 0.717) is 17.9 Å². The van der Waals surface area contributed by atoms with Gasteiger partial charge in [-0.15, -0.1) is 0 Å². The van der Waals surface area contributed by atoms with Gasteiger partial charge in [0.2, 0.25) is 0 Å². The summed E-state index contributed by atoms with van der Waals surface area (Å²) < 4.78 is 19.4. The van der Waals surface area contributed by atoms with Gasteiger partial charge in [0.25, 0.3) is 0 Å². The number of aryl methyl sites for hydroxylation is 1. The van der Waals surface area contributed by atoms with Crippen LogP contribution in [0.15, 0.2) is 12.1 Å². The zero-order valence-corrected chi connectivity index (χ0v) is 9.55. The average Bonchev–Trinajstić information content (AvgIpc) is 2.48. The SMILES string of the molecule is CONC1CCCOc2c(C)ccc(F)c21. The third kappa shape index (κ3) is 2.03. The van der Waals surface area contributed by atoms with Crippen molar-refractivity contribution in [3.8, 4) is 5.75 Å². The van der Waals surface area contributed by atoms with Gasteiger partial charge < -0.3 is 9.57 Å². The number of rotatable bonds is 2. The summed E-state index contributed by atoms with van der Waals surface area (Å²) in [7, 11) is 1.54. The molecule has 1 N–H and O–H groups in total. The molecule has 88 valence electrons. The smallest absolute Gasteiger partial charge is 0.131 e. The Balaban J connectivity index is 2.46. The van der Waals surface area contributed by atoms with Crippen molar-refractivity contribution in [3.63, 3.8) is 0 Å². The molecule has 0 spiro atoms. The maximum absolute atomic E-state index is 13.8. The number of nitrogens with one attached hydrogen (secondary N) is 1. The maximum atomic E-state index is 13.8. The van der Waals surface area contributed by atoms with Crippen LogP contribution in [0.1, 0.15) is 30.0 Å². The van der Waals surface area contributed by atoms with E-state index in [9.17, 15) is 4.39 Å². The number of halogens is 1. The van der Waals surface area contributed by atoms with Gasteiger partial charge in [-0.3, -0.25) is 0 Å². The summed E-state index contributed by atoms with van der Waals surface area (Å²) in [4.78, 5) is 4.92. The number of ether oxygens (including phenoxy) is 1. The summed E-state index contributed by atoms with van der Waals surface area (Å²) in [5, 5.41) is 0. The van der Waals surface area contributed by atoms with Crippen LogP contribution < -0.4 is 10.2 Å². The second-order valence-electron chi connectivity index (χ2n) is 3.97. The van der Waals surface area contributed by atoms with Gasteiger partial charge in [0, 0.05) is 5.56 Å². The molecule has 1 unspecified atom stereocenters. The molecule has 0 fully saturated rings. The molecule has 0 amide bonds. The van der Waals surface area contributed by atoms with Crippen LogP contribution in [-0.2, 0) is 4.84 Å². The van der Waals surface area contributed by atoms with E-state index in [-0.39, 0.29) is 11.9 Å². The van der Waals surface area contributed by atoms with Gasteiger partial charge in [0.1, 0.15) is 11.6 Å². The van der Waals surface area contributed by atoms with Gasteiger partial charge in [-0.2, -0.15) is 5.48 Å². The van der Waals surface area contributed by atoms with E-state index < -0.39 is 0 Å². The highest BCUT2D eigenvalue weighted by Crippen LogP contribution is 2.35. The molecule has 0 radical (unpaired) electrons. The molecule has 1 aromatic carbocycles. The Kier molecular flexibility index (Phi) is 3.41. The number of benzene rings is 1. The van der Waals surface area contributed by atoms with Crippen LogP contribution in [-0.4, -0.2) is 13.7 Å². The minimum Gasteiger partial charge on any atom is -0.493 e. The van der Waals surface area contributed by atoms with Crippen molar-refractivity contribution in [3.05, 3.63) is 29.1 Å². The molecule has 1 atom stereocenters. The second-order valence-corrected chi connectivity index (χ2v) is 3.97. The quantitative estimate of drug-likeness (QED) is 0.784. The zero-order valence-electron chi connectivity index (χ0n) is 9.55. The summed E-state index contributed by atoms with van der Waals surface area (Å²) >= 11 is 0. The molecule has 0 bridgehead atoms. The summed E-state index contributed by atoms with van der Waals surface area (Å²) in [5.41, 5.74) is 4.37. The van der Waals surface area contributed by atoms with E-state index in [1.54, 1.807) is 13.2 Å². The molecular weight excluding hydrogens is 209 g/mol. The Morgan fingerprint density at radius 2 is 2.31 bits per heavy atom. The Morgan fingerprint density at radius 1 is 1.50 bits per heavy atom. The molecule has 3 nitrogen and oxygen atoms in total. The average molecular weight is 225 g/mol. The molecular formula is C12H16FNO2. The molecule has 1 aliphatic heterocycles. The van der Waals surface area contributed by atoms with Crippen molar-refractivity contribution in [1.29, 1.82) is 0 Å². The minimum absolute atomic E-state index is 0.137. The fourth-order valence-corrected chi connectivity index (χ4v) is 2.07. The Hall–Kier alpha value is -1.13. The number of hydroxylamine groups is 1. The van der Waals surface area contributed by atoms with Gasteiger partial charge in [0.15, 0.2) is 0 Å². The predicted octanol–water partition coefficient (Wildman–Crippen LogP) is 2.50. The molecule has 0 saturated carbocycles. The molecule has 4 heteroatoms. The highest BCUT2D eigenvalue weighted by atomic mass is 19.1. The number of fused-ring (bicyclic) bond motifs is 1. The standard InChI is InChI=1S/C12H16FNO2/c1-8-5-6-9(13)11-10(14-15-2)4-3-7-16-12(8)11/h5-6,10,14H,3-4,7H2,1-2H3. The molecule has 0 aromatic heterocycles. The van der Waals surface area contributed by atoms with Crippen LogP contribution in [0.4, 0.5) is 4.39 Å². The third-order valence-corrected chi connectivity index (χ3v) is 2.83. The summed E-state index contributed by atoms with van der Waals surface area (Å²) in [6.45, 7) is 2.55. The van der Waals surface area contributed by atoms with Crippen molar-refractivity contribution < 1.29 is 14.0 Å². The Bertz CT molecular complexity index is 382. The van der Waals surface area contributed by atoms with Crippen molar-refractivity contribution >= 4 is 0 Å². The second kappa shape index (κ2) is 4.80. The van der Waals surface area contributed by atoms with Crippen molar-refractivity contribution in [2.45, 2.75) is 25.8 Å². The largest absolute Gasteiger partial charge is 0.493 e. The van der Waals surface area contributed by atoms with Crippen molar-refractivity contribution in [1.82, 2.24) is 5.48 Å². The van der Waals surface area contributed by atoms with Gasteiger partial charge >= 0.3 is 0 Å². The number of hydrogen-bond acceptors (Lipinski definition) is 3. The van der Waals surface area contributed by atoms with Crippen LogP contribution in [0.2, 0.25) is 0 Å². The van der Waals surface area contributed by atoms with Gasteiger partial charge in [-0.25, -0.2) is 4.39 Å². The van der Waals surface area contributed by atoms with E-state index in [4.69, 9.17) is 9.57 Å². The Labute approximate surface area is 94.5 Å². The van der Waals surface area contributed by atoms with Crippen LogP contribution in [0.3, 0.4) is 0 Å². The molecule has 1 heterocycles. The van der Waals surface area contributed by atoms with E-state index in [0.717, 1.165) is 18.4 Å².